The van der Waals surface area contributed by atoms with E-state index in [0.717, 1.165) is 51.4 Å². The van der Waals surface area contributed by atoms with Crippen molar-refractivity contribution in [2.45, 2.75) is 170 Å². The van der Waals surface area contributed by atoms with Gasteiger partial charge in [-0.1, -0.05) is 53.7 Å². The van der Waals surface area contributed by atoms with Crippen LogP contribution >= 0.6 is 0 Å². The second-order valence-corrected chi connectivity index (χ2v) is 14.8. The van der Waals surface area contributed by atoms with Gasteiger partial charge in [0.05, 0.1) is 13.2 Å². The fraction of sp³-hybridized carbons (Fsp3) is 0.762. The minimum Gasteiger partial charge on any atom is -0.461 e. The summed E-state index contributed by atoms with van der Waals surface area (Å²) in [7, 11) is 0. The summed E-state index contributed by atoms with van der Waals surface area (Å²) in [5, 5.41) is 0. The maximum Gasteiger partial charge on any atom is 0.197 e. The predicted octanol–water partition coefficient (Wildman–Crippen LogP) is 10.3. The van der Waals surface area contributed by atoms with Crippen molar-refractivity contribution in [2.24, 2.45) is 11.8 Å². The first-order valence-electron chi connectivity index (χ1n) is 19.5. The van der Waals surface area contributed by atoms with Crippen LogP contribution in [-0.4, -0.2) is 63.3 Å². The van der Waals surface area contributed by atoms with E-state index < -0.39 is 5.60 Å². The summed E-state index contributed by atoms with van der Waals surface area (Å²) in [5.41, 5.74) is 1.85. The first kappa shape index (κ1) is 42.5. The van der Waals surface area contributed by atoms with Crippen LogP contribution in [0.1, 0.15) is 133 Å². The molecule has 0 aliphatic heterocycles. The SMILES string of the molecule is CCCOC(C)Oc1ccc(C(C)(C)C2CCC(C3=CC(OC(C)OCCC)C(C)(OC(C)OCCC)C=C3)CC2)cc1OC(C)OCCC. The molecule has 6 atom stereocenters. The molecule has 8 nitrogen and oxygen atoms in total. The molecule has 0 saturated heterocycles. The van der Waals surface area contributed by atoms with Gasteiger partial charge in [0.15, 0.2) is 36.7 Å². The molecule has 0 bridgehead atoms. The Labute approximate surface area is 304 Å². The maximum absolute atomic E-state index is 6.51. The lowest BCUT2D eigenvalue weighted by Gasteiger charge is -2.42. The zero-order chi connectivity index (χ0) is 36.7. The number of benzene rings is 1. The highest BCUT2D eigenvalue weighted by molar-refractivity contribution is 5.45. The molecular weight excluding hydrogens is 632 g/mol. The Kier molecular flexibility index (Phi) is 17.8. The van der Waals surface area contributed by atoms with Gasteiger partial charge in [0, 0.05) is 13.2 Å². The summed E-state index contributed by atoms with van der Waals surface area (Å²) in [5.74, 6) is 2.35. The van der Waals surface area contributed by atoms with Crippen molar-refractivity contribution < 1.29 is 37.9 Å². The van der Waals surface area contributed by atoms with Gasteiger partial charge in [-0.15, -0.1) is 0 Å². The second kappa shape index (κ2) is 20.9. The van der Waals surface area contributed by atoms with Crippen molar-refractivity contribution in [3.05, 3.63) is 47.6 Å². The van der Waals surface area contributed by atoms with Crippen LogP contribution in [0.3, 0.4) is 0 Å². The Hall–Kier alpha value is -1.94. The van der Waals surface area contributed by atoms with Gasteiger partial charge in [-0.05, 0) is 139 Å². The van der Waals surface area contributed by atoms with Crippen molar-refractivity contribution in [3.8, 4) is 11.5 Å². The van der Waals surface area contributed by atoms with Crippen LogP contribution < -0.4 is 9.47 Å². The van der Waals surface area contributed by atoms with E-state index in [-0.39, 0.29) is 36.7 Å². The summed E-state index contributed by atoms with van der Waals surface area (Å²) in [4.78, 5) is 0. The Balaban J connectivity index is 1.76. The van der Waals surface area contributed by atoms with Crippen LogP contribution in [0, 0.1) is 11.8 Å². The molecule has 0 aromatic heterocycles. The van der Waals surface area contributed by atoms with Crippen molar-refractivity contribution in [1.82, 2.24) is 0 Å². The van der Waals surface area contributed by atoms with E-state index in [9.17, 15) is 0 Å². The Bertz CT molecular complexity index is 1170. The molecule has 1 aromatic rings. The van der Waals surface area contributed by atoms with E-state index in [1.807, 2.05) is 33.8 Å². The van der Waals surface area contributed by atoms with Crippen LogP contribution in [0.5, 0.6) is 11.5 Å². The molecule has 8 heteroatoms. The van der Waals surface area contributed by atoms with Crippen LogP contribution in [0.25, 0.3) is 0 Å². The van der Waals surface area contributed by atoms with Crippen molar-refractivity contribution in [3.63, 3.8) is 0 Å². The van der Waals surface area contributed by atoms with E-state index >= 15 is 0 Å². The Morgan fingerprint density at radius 3 is 1.78 bits per heavy atom. The number of rotatable bonds is 23. The third kappa shape index (κ3) is 12.6. The average Bonchev–Trinajstić information content (AvgIpc) is 3.09. The van der Waals surface area contributed by atoms with Gasteiger partial charge in [-0.25, -0.2) is 0 Å². The zero-order valence-corrected chi connectivity index (χ0v) is 33.3. The highest BCUT2D eigenvalue weighted by Crippen LogP contribution is 2.47. The van der Waals surface area contributed by atoms with Gasteiger partial charge < -0.3 is 37.9 Å². The van der Waals surface area contributed by atoms with Crippen LogP contribution in [0.15, 0.2) is 42.0 Å². The topological polar surface area (TPSA) is 73.8 Å². The van der Waals surface area contributed by atoms with Crippen LogP contribution in [-0.2, 0) is 33.8 Å². The number of allylic oxidation sites excluding steroid dienone is 2. The number of ether oxygens (including phenoxy) is 8. The highest BCUT2D eigenvalue weighted by atomic mass is 16.7. The minimum absolute atomic E-state index is 0.0605. The molecule has 286 valence electrons. The first-order chi connectivity index (χ1) is 23.9. The second-order valence-electron chi connectivity index (χ2n) is 14.8. The lowest BCUT2D eigenvalue weighted by atomic mass is 9.64. The molecule has 0 amide bonds. The maximum atomic E-state index is 6.51. The van der Waals surface area contributed by atoms with Gasteiger partial charge in [0.25, 0.3) is 0 Å². The molecule has 0 heterocycles. The van der Waals surface area contributed by atoms with E-state index in [0.29, 0.717) is 49.8 Å². The fourth-order valence-electron chi connectivity index (χ4n) is 6.99. The van der Waals surface area contributed by atoms with Gasteiger partial charge in [-0.3, -0.25) is 0 Å². The van der Waals surface area contributed by atoms with Crippen molar-refractivity contribution in [2.75, 3.05) is 26.4 Å². The summed E-state index contributed by atoms with van der Waals surface area (Å²) < 4.78 is 49.0. The summed E-state index contributed by atoms with van der Waals surface area (Å²) >= 11 is 0. The predicted molar refractivity (Wildman–Crippen MR) is 201 cm³/mol. The molecule has 50 heavy (non-hydrogen) atoms. The van der Waals surface area contributed by atoms with Crippen molar-refractivity contribution >= 4 is 0 Å². The first-order valence-corrected chi connectivity index (χ1v) is 19.5. The Morgan fingerprint density at radius 2 is 1.22 bits per heavy atom. The summed E-state index contributed by atoms with van der Waals surface area (Å²) in [6, 6.07) is 6.38. The molecule has 0 radical (unpaired) electrons. The molecule has 0 N–H and O–H groups in total. The van der Waals surface area contributed by atoms with Crippen LogP contribution in [0.4, 0.5) is 0 Å². The summed E-state index contributed by atoms with van der Waals surface area (Å²) in [6.07, 6.45) is 13.2. The lowest BCUT2D eigenvalue weighted by Crippen LogP contribution is -2.47. The largest absolute Gasteiger partial charge is 0.461 e. The van der Waals surface area contributed by atoms with Gasteiger partial charge in [0.2, 0.25) is 0 Å². The quantitative estimate of drug-likeness (QED) is 0.104. The minimum atomic E-state index is -0.658. The third-order valence-corrected chi connectivity index (χ3v) is 9.99. The molecule has 6 unspecified atom stereocenters. The van der Waals surface area contributed by atoms with E-state index in [1.165, 1.54) is 11.1 Å². The average molecular weight is 703 g/mol. The standard InChI is InChI=1S/C42H70O8/c1-12-24-43-30(5)47-38-21-20-37(29-39(38)48-31(6)44-25-13-2)41(9,10)36-18-16-34(17-19-36)35-22-23-42(11,50-33(8)46-27-15-4)40(28-35)49-32(7)45-26-14-3/h20-23,28-34,36,40H,12-19,24-27H2,1-11H3. The van der Waals surface area contributed by atoms with Crippen molar-refractivity contribution in [1.29, 1.82) is 0 Å². The van der Waals surface area contributed by atoms with Gasteiger partial charge in [-0.2, -0.15) is 0 Å². The van der Waals surface area contributed by atoms with E-state index in [1.54, 1.807) is 0 Å². The van der Waals surface area contributed by atoms with Gasteiger partial charge in [0.1, 0.15) is 11.7 Å². The Morgan fingerprint density at radius 1 is 0.700 bits per heavy atom. The molecule has 2 aliphatic rings. The van der Waals surface area contributed by atoms with Gasteiger partial charge >= 0.3 is 0 Å². The van der Waals surface area contributed by atoms with E-state index in [4.69, 9.17) is 37.9 Å². The summed E-state index contributed by atoms with van der Waals surface area (Å²) in [6.45, 7) is 25.6. The molecule has 0 spiro atoms. The monoisotopic (exact) mass is 703 g/mol. The number of hydrogen-bond acceptors (Lipinski definition) is 8. The third-order valence-electron chi connectivity index (χ3n) is 9.99. The lowest BCUT2D eigenvalue weighted by molar-refractivity contribution is -0.237. The zero-order valence-electron chi connectivity index (χ0n) is 33.3. The van der Waals surface area contributed by atoms with Crippen LogP contribution in [0.2, 0.25) is 0 Å². The fourth-order valence-corrected chi connectivity index (χ4v) is 6.99. The smallest absolute Gasteiger partial charge is 0.197 e. The normalized spacial score (nSPS) is 25.1. The highest BCUT2D eigenvalue weighted by Gasteiger charge is 2.41. The molecule has 1 saturated carbocycles. The molecule has 1 aromatic carbocycles. The molecule has 1 fully saturated rings. The van der Waals surface area contributed by atoms with E-state index in [2.05, 4.69) is 78.8 Å². The molecule has 2 aliphatic carbocycles. The molecule has 3 rings (SSSR count). The molecular formula is C42H70O8. The number of hydrogen-bond donors (Lipinski definition) is 0.